The lowest BCUT2D eigenvalue weighted by atomic mass is 10.1. The molecule has 0 aliphatic carbocycles. The van der Waals surface area contributed by atoms with Crippen LogP contribution in [0.1, 0.15) is 38.1 Å². The van der Waals surface area contributed by atoms with Gasteiger partial charge in [0.1, 0.15) is 12.3 Å². The molecule has 0 spiro atoms. The van der Waals surface area contributed by atoms with E-state index < -0.39 is 23.4 Å². The highest BCUT2D eigenvalue weighted by molar-refractivity contribution is 5.88. The number of hydrogen-bond donors (Lipinski definition) is 1. The summed E-state index contributed by atoms with van der Waals surface area (Å²) in [7, 11) is 3.08. The molecule has 2 aromatic heterocycles. The Hall–Kier alpha value is -5.07. The zero-order valence-electron chi connectivity index (χ0n) is 24.0. The number of carbonyl (C=O) groups is 2. The predicted molar refractivity (Wildman–Crippen MR) is 149 cm³/mol. The lowest BCUT2D eigenvalue weighted by Gasteiger charge is -2.32. The average molecular weight is 577 g/mol. The van der Waals surface area contributed by atoms with E-state index in [1.807, 2.05) is 26.8 Å². The van der Waals surface area contributed by atoms with Gasteiger partial charge in [-0.3, -0.25) is 9.59 Å². The van der Waals surface area contributed by atoms with E-state index in [-0.39, 0.29) is 19.9 Å². The van der Waals surface area contributed by atoms with Gasteiger partial charge in [-0.1, -0.05) is 6.07 Å². The van der Waals surface area contributed by atoms with Crippen LogP contribution in [-0.4, -0.2) is 63.5 Å². The quantitative estimate of drug-likeness (QED) is 0.298. The lowest BCUT2D eigenvalue weighted by Crippen LogP contribution is -2.49. The summed E-state index contributed by atoms with van der Waals surface area (Å²) < 4.78 is 27.3. The highest BCUT2D eigenvalue weighted by Crippen LogP contribution is 2.34. The molecule has 13 heteroatoms. The minimum absolute atomic E-state index is 0.0651. The van der Waals surface area contributed by atoms with Crippen LogP contribution in [0, 0.1) is 0 Å². The molecule has 42 heavy (non-hydrogen) atoms. The van der Waals surface area contributed by atoms with E-state index in [2.05, 4.69) is 20.7 Å². The van der Waals surface area contributed by atoms with Crippen molar-refractivity contribution in [3.05, 3.63) is 66.1 Å². The maximum atomic E-state index is 14.0. The molecule has 220 valence electrons. The normalized spacial score (nSPS) is 13.0. The summed E-state index contributed by atoms with van der Waals surface area (Å²) >= 11 is 0. The van der Waals surface area contributed by atoms with Crippen molar-refractivity contribution in [1.29, 1.82) is 0 Å². The van der Waals surface area contributed by atoms with E-state index in [4.69, 9.17) is 23.4 Å². The zero-order chi connectivity index (χ0) is 29.9. The number of carbonyl (C=O) groups excluding carboxylic acids is 2. The van der Waals surface area contributed by atoms with Gasteiger partial charge in [-0.15, -0.1) is 10.2 Å². The van der Waals surface area contributed by atoms with E-state index in [1.54, 1.807) is 49.6 Å². The first-order valence-electron chi connectivity index (χ1n) is 13.2. The molecule has 4 aromatic rings. The summed E-state index contributed by atoms with van der Waals surface area (Å²) in [6.07, 6.45) is 1.46. The fraction of sp³-hybridized carbons (Fsp3) is 0.345. The van der Waals surface area contributed by atoms with Gasteiger partial charge in [-0.25, -0.2) is 0 Å². The largest absolute Gasteiger partial charge is 0.493 e. The summed E-state index contributed by atoms with van der Waals surface area (Å²) in [5.74, 6) is 2.00. The maximum Gasteiger partial charge on any atom is 0.251 e. The predicted octanol–water partition coefficient (Wildman–Crippen LogP) is 3.36. The average Bonchev–Trinajstić information content (AvgIpc) is 3.73. The number of methoxy groups -OCH3 is 2. The molecule has 5 rings (SSSR count). The standard InChI is InChI=1S/C29H32N6O7/c1-29(2,3)30-28(37)26(22-7-6-12-40-22)34(15-18-8-10-21-24(13-18)42-17-41-21)25(36)16-35-32-27(31-33-35)19-9-11-20(38-4)23(14-19)39-5/h6-14,26H,15-17H2,1-5H3,(H,30,37)/t26-/m0/s1. The van der Waals surface area contributed by atoms with Gasteiger partial charge in [-0.05, 0) is 74.0 Å². The van der Waals surface area contributed by atoms with Crippen LogP contribution in [-0.2, 0) is 22.7 Å². The summed E-state index contributed by atoms with van der Waals surface area (Å²) in [6, 6.07) is 12.8. The first-order chi connectivity index (χ1) is 20.1. The first-order valence-corrected chi connectivity index (χ1v) is 13.2. The minimum Gasteiger partial charge on any atom is -0.493 e. The number of tetrazole rings is 1. The molecule has 0 bridgehead atoms. The molecule has 2 aromatic carbocycles. The molecular formula is C29H32N6O7. The first kappa shape index (κ1) is 28.5. The zero-order valence-corrected chi connectivity index (χ0v) is 24.0. The Balaban J connectivity index is 1.46. The number of fused-ring (bicyclic) bond motifs is 1. The van der Waals surface area contributed by atoms with E-state index in [9.17, 15) is 9.59 Å². The number of rotatable bonds is 10. The summed E-state index contributed by atoms with van der Waals surface area (Å²) in [4.78, 5) is 30.2. The van der Waals surface area contributed by atoms with Crippen molar-refractivity contribution in [2.24, 2.45) is 0 Å². The van der Waals surface area contributed by atoms with E-state index in [0.717, 1.165) is 5.56 Å². The Morgan fingerprint density at radius 3 is 2.55 bits per heavy atom. The van der Waals surface area contributed by atoms with Crippen LogP contribution in [0.3, 0.4) is 0 Å². The Bertz CT molecular complexity index is 1560. The number of benzene rings is 2. The Kier molecular flexibility index (Phi) is 8.00. The fourth-order valence-electron chi connectivity index (χ4n) is 4.48. The third-order valence-corrected chi connectivity index (χ3v) is 6.35. The van der Waals surface area contributed by atoms with Gasteiger partial charge in [0.05, 0.1) is 20.5 Å². The van der Waals surface area contributed by atoms with Crippen molar-refractivity contribution < 1.29 is 33.0 Å². The van der Waals surface area contributed by atoms with Gasteiger partial charge in [0.2, 0.25) is 18.5 Å². The molecule has 1 atom stereocenters. The molecule has 1 aliphatic heterocycles. The highest BCUT2D eigenvalue weighted by atomic mass is 16.7. The molecule has 13 nitrogen and oxygen atoms in total. The van der Waals surface area contributed by atoms with E-state index in [1.165, 1.54) is 23.1 Å². The smallest absolute Gasteiger partial charge is 0.251 e. The van der Waals surface area contributed by atoms with Crippen molar-refractivity contribution in [3.8, 4) is 34.4 Å². The molecular weight excluding hydrogens is 544 g/mol. The number of amides is 2. The number of aromatic nitrogens is 4. The molecule has 0 unspecified atom stereocenters. The van der Waals surface area contributed by atoms with Crippen LogP contribution in [0.15, 0.2) is 59.2 Å². The van der Waals surface area contributed by atoms with Gasteiger partial charge in [0.15, 0.2) is 29.0 Å². The van der Waals surface area contributed by atoms with Crippen LogP contribution < -0.4 is 24.3 Å². The third kappa shape index (κ3) is 6.29. The van der Waals surface area contributed by atoms with E-state index >= 15 is 0 Å². The Morgan fingerprint density at radius 1 is 1.05 bits per heavy atom. The van der Waals surface area contributed by atoms with Crippen molar-refractivity contribution in [3.63, 3.8) is 0 Å². The molecule has 0 saturated carbocycles. The van der Waals surface area contributed by atoms with Crippen LogP contribution in [0.4, 0.5) is 0 Å². The van der Waals surface area contributed by atoms with Gasteiger partial charge in [0.25, 0.3) is 5.91 Å². The number of furan rings is 1. The van der Waals surface area contributed by atoms with Gasteiger partial charge >= 0.3 is 0 Å². The van der Waals surface area contributed by atoms with Crippen molar-refractivity contribution >= 4 is 11.8 Å². The van der Waals surface area contributed by atoms with Crippen molar-refractivity contribution in [2.75, 3.05) is 21.0 Å². The third-order valence-electron chi connectivity index (χ3n) is 6.35. The minimum atomic E-state index is -1.08. The number of nitrogens with zero attached hydrogens (tertiary/aromatic N) is 5. The lowest BCUT2D eigenvalue weighted by molar-refractivity contribution is -0.143. The summed E-state index contributed by atoms with van der Waals surface area (Å²) in [6.45, 7) is 5.49. The van der Waals surface area contributed by atoms with Gasteiger partial charge < -0.3 is 33.6 Å². The van der Waals surface area contributed by atoms with E-state index in [0.29, 0.717) is 40.1 Å². The summed E-state index contributed by atoms with van der Waals surface area (Å²) in [5, 5.41) is 15.6. The highest BCUT2D eigenvalue weighted by Gasteiger charge is 2.36. The van der Waals surface area contributed by atoms with Crippen molar-refractivity contribution in [2.45, 2.75) is 45.4 Å². The van der Waals surface area contributed by atoms with Gasteiger partial charge in [-0.2, -0.15) is 4.80 Å². The van der Waals surface area contributed by atoms with Crippen LogP contribution in [0.25, 0.3) is 11.4 Å². The van der Waals surface area contributed by atoms with Crippen LogP contribution >= 0.6 is 0 Å². The molecule has 2 amide bonds. The molecule has 0 fully saturated rings. The molecule has 0 saturated heterocycles. The number of ether oxygens (including phenoxy) is 4. The second kappa shape index (κ2) is 11.8. The molecule has 0 radical (unpaired) electrons. The van der Waals surface area contributed by atoms with Crippen LogP contribution in [0.5, 0.6) is 23.0 Å². The number of nitrogens with one attached hydrogen (secondary N) is 1. The number of hydrogen-bond acceptors (Lipinski definition) is 10. The fourth-order valence-corrected chi connectivity index (χ4v) is 4.48. The second-order valence-electron chi connectivity index (χ2n) is 10.6. The molecule has 1 aliphatic rings. The van der Waals surface area contributed by atoms with Crippen LogP contribution in [0.2, 0.25) is 0 Å². The SMILES string of the molecule is COc1ccc(-c2nnn(CC(=O)N(Cc3ccc4c(c3)OCO4)[C@H](C(=O)NC(C)(C)C)c3ccco3)n2)cc1OC. The monoisotopic (exact) mass is 576 g/mol. The molecule has 3 heterocycles. The Labute approximate surface area is 242 Å². The summed E-state index contributed by atoms with van der Waals surface area (Å²) in [5.41, 5.74) is 0.795. The topological polar surface area (TPSA) is 143 Å². The van der Waals surface area contributed by atoms with Crippen molar-refractivity contribution in [1.82, 2.24) is 30.4 Å². The second-order valence-corrected chi connectivity index (χ2v) is 10.6. The Morgan fingerprint density at radius 2 is 1.83 bits per heavy atom. The van der Waals surface area contributed by atoms with Gasteiger partial charge in [0, 0.05) is 17.6 Å². The maximum absolute atomic E-state index is 14.0. The molecule has 1 N–H and O–H groups in total.